The second-order valence-electron chi connectivity index (χ2n) is 4.04. The summed E-state index contributed by atoms with van der Waals surface area (Å²) in [5, 5.41) is 9.37. The highest BCUT2D eigenvalue weighted by Gasteiger charge is 2.02. The van der Waals surface area contributed by atoms with E-state index in [2.05, 4.69) is 0 Å². The highest BCUT2D eigenvalue weighted by molar-refractivity contribution is 7.98. The van der Waals surface area contributed by atoms with Gasteiger partial charge in [-0.1, -0.05) is 24.3 Å². The molecule has 2 nitrogen and oxygen atoms in total. The van der Waals surface area contributed by atoms with Gasteiger partial charge in [0.1, 0.15) is 5.75 Å². The molecule has 0 aliphatic carbocycles. The lowest BCUT2D eigenvalue weighted by atomic mass is 10.2. The minimum absolute atomic E-state index is 0.0785. The van der Waals surface area contributed by atoms with Crippen molar-refractivity contribution in [3.8, 4) is 5.75 Å². The number of carbonyl (C=O) groups excluding carboxylic acids is 1. The van der Waals surface area contributed by atoms with Crippen LogP contribution in [0, 0.1) is 0 Å². The maximum atomic E-state index is 11.3. The summed E-state index contributed by atoms with van der Waals surface area (Å²) in [4.78, 5) is 12.3. The molecule has 0 saturated heterocycles. The van der Waals surface area contributed by atoms with Gasteiger partial charge in [-0.15, -0.1) is 11.8 Å². The monoisotopic (exact) mass is 258 g/mol. The van der Waals surface area contributed by atoms with Crippen molar-refractivity contribution >= 4 is 17.5 Å². The van der Waals surface area contributed by atoms with Crippen molar-refractivity contribution in [1.29, 1.82) is 0 Å². The molecule has 0 fully saturated rings. The summed E-state index contributed by atoms with van der Waals surface area (Å²) < 4.78 is 0. The van der Waals surface area contributed by atoms with E-state index < -0.39 is 0 Å². The average Bonchev–Trinajstić information content (AvgIpc) is 2.37. The first-order chi connectivity index (χ1) is 8.65. The molecule has 0 aliphatic heterocycles. The number of aromatic hydroxyl groups is 1. The molecule has 3 heteroatoms. The molecular weight excluding hydrogens is 244 g/mol. The number of carbonyl (C=O) groups is 1. The van der Waals surface area contributed by atoms with Crippen LogP contribution < -0.4 is 0 Å². The lowest BCUT2D eigenvalue weighted by Crippen LogP contribution is -1.91. The van der Waals surface area contributed by atoms with E-state index in [1.54, 1.807) is 30.8 Å². The molecule has 2 aromatic rings. The summed E-state index contributed by atoms with van der Waals surface area (Å²) in [7, 11) is 0. The van der Waals surface area contributed by atoms with Gasteiger partial charge in [0.2, 0.25) is 0 Å². The summed E-state index contributed by atoms with van der Waals surface area (Å²) in [6, 6.07) is 14.8. The highest BCUT2D eigenvalue weighted by atomic mass is 32.2. The molecule has 0 unspecified atom stereocenters. The van der Waals surface area contributed by atoms with Gasteiger partial charge in [0.15, 0.2) is 5.78 Å². The summed E-state index contributed by atoms with van der Waals surface area (Å²) in [6.45, 7) is 1.57. The van der Waals surface area contributed by atoms with Crippen LogP contribution in [0.3, 0.4) is 0 Å². The van der Waals surface area contributed by atoms with Gasteiger partial charge in [-0.25, -0.2) is 0 Å². The molecule has 0 aromatic heterocycles. The lowest BCUT2D eigenvalue weighted by Gasteiger charge is -2.04. The number of phenolic OH excluding ortho intramolecular Hbond substituents is 1. The van der Waals surface area contributed by atoms with Crippen LogP contribution in [0.5, 0.6) is 5.75 Å². The highest BCUT2D eigenvalue weighted by Crippen LogP contribution is 2.25. The fourth-order valence-corrected chi connectivity index (χ4v) is 2.52. The maximum absolute atomic E-state index is 11.3. The van der Waals surface area contributed by atoms with Crippen LogP contribution in [0.15, 0.2) is 53.4 Å². The molecule has 2 rings (SSSR count). The van der Waals surface area contributed by atoms with Gasteiger partial charge < -0.3 is 5.11 Å². The Morgan fingerprint density at radius 1 is 1.17 bits per heavy atom. The first kappa shape index (κ1) is 12.7. The van der Waals surface area contributed by atoms with E-state index in [4.69, 9.17) is 0 Å². The maximum Gasteiger partial charge on any atom is 0.159 e. The first-order valence-electron chi connectivity index (χ1n) is 5.67. The topological polar surface area (TPSA) is 37.3 Å². The van der Waals surface area contributed by atoms with Crippen LogP contribution in [0.2, 0.25) is 0 Å². The SMILES string of the molecule is CC(=O)c1cccc(SCc2cccc(O)c2)c1. The smallest absolute Gasteiger partial charge is 0.159 e. The number of benzene rings is 2. The van der Waals surface area contributed by atoms with E-state index in [0.717, 1.165) is 21.8 Å². The van der Waals surface area contributed by atoms with Crippen LogP contribution in [-0.2, 0) is 5.75 Å². The number of hydrogen-bond acceptors (Lipinski definition) is 3. The zero-order valence-corrected chi connectivity index (χ0v) is 10.9. The second-order valence-corrected chi connectivity index (χ2v) is 5.09. The molecule has 0 radical (unpaired) electrons. The molecule has 0 heterocycles. The van der Waals surface area contributed by atoms with E-state index >= 15 is 0 Å². The summed E-state index contributed by atoms with van der Waals surface area (Å²) in [6.07, 6.45) is 0. The van der Waals surface area contributed by atoms with Crippen LogP contribution in [0.1, 0.15) is 22.8 Å². The third-order valence-corrected chi connectivity index (χ3v) is 3.62. The predicted octanol–water partition coefficient (Wildman–Crippen LogP) is 3.89. The number of thioether (sulfide) groups is 1. The minimum atomic E-state index is 0.0785. The molecule has 0 bridgehead atoms. The van der Waals surface area contributed by atoms with E-state index in [1.165, 1.54) is 0 Å². The van der Waals surface area contributed by atoms with Crippen LogP contribution in [0.4, 0.5) is 0 Å². The van der Waals surface area contributed by atoms with Crippen molar-refractivity contribution in [1.82, 2.24) is 0 Å². The molecular formula is C15H14O2S. The molecule has 92 valence electrons. The van der Waals surface area contributed by atoms with Crippen LogP contribution in [0.25, 0.3) is 0 Å². The average molecular weight is 258 g/mol. The fourth-order valence-electron chi connectivity index (χ4n) is 1.62. The Bertz CT molecular complexity index is 564. The van der Waals surface area contributed by atoms with Crippen LogP contribution >= 0.6 is 11.8 Å². The number of rotatable bonds is 4. The summed E-state index contributed by atoms with van der Waals surface area (Å²) in [5.74, 6) is 1.14. The van der Waals surface area contributed by atoms with Crippen molar-refractivity contribution in [2.75, 3.05) is 0 Å². The normalized spacial score (nSPS) is 10.3. The Balaban J connectivity index is 2.06. The molecule has 0 spiro atoms. The van der Waals surface area contributed by atoms with Gasteiger partial charge in [-0.3, -0.25) is 4.79 Å². The van der Waals surface area contributed by atoms with Crippen molar-refractivity contribution < 1.29 is 9.90 Å². The molecule has 1 N–H and O–H groups in total. The molecule has 0 aliphatic rings. The molecule has 0 saturated carbocycles. The van der Waals surface area contributed by atoms with Gasteiger partial charge in [0.05, 0.1) is 0 Å². The number of phenols is 1. The van der Waals surface area contributed by atoms with E-state index in [0.29, 0.717) is 0 Å². The van der Waals surface area contributed by atoms with Gasteiger partial charge in [-0.2, -0.15) is 0 Å². The Hall–Kier alpha value is -1.74. The van der Waals surface area contributed by atoms with Crippen molar-refractivity contribution in [2.45, 2.75) is 17.6 Å². The van der Waals surface area contributed by atoms with Crippen LogP contribution in [-0.4, -0.2) is 10.9 Å². The van der Waals surface area contributed by atoms with Gasteiger partial charge >= 0.3 is 0 Å². The standard InChI is InChI=1S/C15H14O2S/c1-11(16)13-5-3-7-15(9-13)18-10-12-4-2-6-14(17)8-12/h2-9,17H,10H2,1H3. The zero-order chi connectivity index (χ0) is 13.0. The minimum Gasteiger partial charge on any atom is -0.508 e. The van der Waals surface area contributed by atoms with E-state index in [-0.39, 0.29) is 11.5 Å². The number of hydrogen-bond donors (Lipinski definition) is 1. The third-order valence-electron chi connectivity index (χ3n) is 2.56. The fraction of sp³-hybridized carbons (Fsp3) is 0.133. The van der Waals surface area contributed by atoms with Gasteiger partial charge in [0, 0.05) is 16.2 Å². The summed E-state index contributed by atoms with van der Waals surface area (Å²) in [5.41, 5.74) is 1.80. The largest absolute Gasteiger partial charge is 0.508 e. The quantitative estimate of drug-likeness (QED) is 0.668. The number of Topliss-reactive ketones (excluding diaryl/α,β-unsaturated/α-hetero) is 1. The Morgan fingerprint density at radius 2 is 1.94 bits per heavy atom. The second kappa shape index (κ2) is 5.74. The van der Waals surface area contributed by atoms with Crippen molar-refractivity contribution in [3.63, 3.8) is 0 Å². The third kappa shape index (κ3) is 3.37. The molecule has 0 amide bonds. The van der Waals surface area contributed by atoms with Gasteiger partial charge in [-0.05, 0) is 36.8 Å². The van der Waals surface area contributed by atoms with Crippen molar-refractivity contribution in [2.24, 2.45) is 0 Å². The van der Waals surface area contributed by atoms with Gasteiger partial charge in [0.25, 0.3) is 0 Å². The zero-order valence-electron chi connectivity index (χ0n) is 10.1. The summed E-state index contributed by atoms with van der Waals surface area (Å²) >= 11 is 1.65. The molecule has 0 atom stereocenters. The Kier molecular flexibility index (Phi) is 4.05. The van der Waals surface area contributed by atoms with E-state index in [9.17, 15) is 9.90 Å². The number of ketones is 1. The van der Waals surface area contributed by atoms with E-state index in [1.807, 2.05) is 36.4 Å². The first-order valence-corrected chi connectivity index (χ1v) is 6.65. The lowest BCUT2D eigenvalue weighted by molar-refractivity contribution is 0.101. The Morgan fingerprint density at radius 3 is 2.67 bits per heavy atom. The molecule has 18 heavy (non-hydrogen) atoms. The Labute approximate surface area is 111 Å². The predicted molar refractivity (Wildman–Crippen MR) is 74.1 cm³/mol. The van der Waals surface area contributed by atoms with Crippen molar-refractivity contribution in [3.05, 3.63) is 59.7 Å². The molecule has 2 aromatic carbocycles.